The molecule has 1 aliphatic carbocycles. The predicted octanol–water partition coefficient (Wildman–Crippen LogP) is 1.18. The molecule has 2 rings (SSSR count). The Kier molecular flexibility index (Phi) is 3.16. The van der Waals surface area contributed by atoms with Crippen LogP contribution in [0.4, 0.5) is 5.82 Å². The minimum absolute atomic E-state index is 0.708. The van der Waals surface area contributed by atoms with E-state index in [-0.39, 0.29) is 0 Å². The molecule has 1 aromatic heterocycles. The average Bonchev–Trinajstić information content (AvgIpc) is 3.06. The van der Waals surface area contributed by atoms with Gasteiger partial charge in [0.2, 0.25) is 0 Å². The molecule has 15 heavy (non-hydrogen) atoms. The van der Waals surface area contributed by atoms with E-state index in [1.165, 1.54) is 12.8 Å². The van der Waals surface area contributed by atoms with Gasteiger partial charge in [0.25, 0.3) is 0 Å². The summed E-state index contributed by atoms with van der Waals surface area (Å²) < 4.78 is 0. The summed E-state index contributed by atoms with van der Waals surface area (Å²) >= 11 is 0. The molecule has 1 saturated carbocycles. The Morgan fingerprint density at radius 3 is 2.67 bits per heavy atom. The van der Waals surface area contributed by atoms with Crippen LogP contribution in [0.15, 0.2) is 12.4 Å². The maximum absolute atomic E-state index is 4.45. The van der Waals surface area contributed by atoms with Crippen molar-refractivity contribution < 1.29 is 0 Å². The van der Waals surface area contributed by atoms with Crippen LogP contribution < -0.4 is 10.2 Å². The molecule has 0 amide bonds. The second-order valence-electron chi connectivity index (χ2n) is 3.91. The van der Waals surface area contributed by atoms with E-state index >= 15 is 0 Å². The molecule has 1 aliphatic rings. The number of hydrogen-bond donors (Lipinski definition) is 1. The zero-order valence-electron chi connectivity index (χ0n) is 9.40. The van der Waals surface area contributed by atoms with Crippen molar-refractivity contribution in [3.8, 4) is 0 Å². The first-order chi connectivity index (χ1) is 7.35. The second kappa shape index (κ2) is 4.57. The SMILES string of the molecule is CCN(c1cnc(CNC)cn1)C1CC1. The lowest BCUT2D eigenvalue weighted by Crippen LogP contribution is -2.26. The van der Waals surface area contributed by atoms with Crippen molar-refractivity contribution in [2.24, 2.45) is 0 Å². The quantitative estimate of drug-likeness (QED) is 0.785. The van der Waals surface area contributed by atoms with Crippen LogP contribution in [0, 0.1) is 0 Å². The number of nitrogens with zero attached hydrogens (tertiary/aromatic N) is 3. The molecular weight excluding hydrogens is 188 g/mol. The van der Waals surface area contributed by atoms with Crippen molar-refractivity contribution >= 4 is 5.82 Å². The van der Waals surface area contributed by atoms with Gasteiger partial charge in [0, 0.05) is 19.1 Å². The summed E-state index contributed by atoms with van der Waals surface area (Å²) in [4.78, 5) is 11.2. The van der Waals surface area contributed by atoms with Crippen LogP contribution >= 0.6 is 0 Å². The third kappa shape index (κ3) is 2.45. The van der Waals surface area contributed by atoms with Gasteiger partial charge in [-0.3, -0.25) is 4.98 Å². The van der Waals surface area contributed by atoms with Crippen LogP contribution in [0.2, 0.25) is 0 Å². The molecule has 0 spiro atoms. The van der Waals surface area contributed by atoms with Gasteiger partial charge in [0.15, 0.2) is 0 Å². The summed E-state index contributed by atoms with van der Waals surface area (Å²) in [5.41, 5.74) is 0.994. The smallest absolute Gasteiger partial charge is 0.147 e. The lowest BCUT2D eigenvalue weighted by atomic mass is 10.4. The zero-order valence-corrected chi connectivity index (χ0v) is 9.40. The number of hydrogen-bond acceptors (Lipinski definition) is 4. The van der Waals surface area contributed by atoms with Crippen molar-refractivity contribution in [1.82, 2.24) is 15.3 Å². The molecule has 1 heterocycles. The standard InChI is InChI=1S/C11H18N4/c1-3-15(10-4-5-10)11-8-13-9(6-12-2)7-14-11/h7-8,10,12H,3-6H2,1-2H3. The van der Waals surface area contributed by atoms with E-state index in [0.29, 0.717) is 6.04 Å². The maximum atomic E-state index is 4.45. The molecule has 0 radical (unpaired) electrons. The van der Waals surface area contributed by atoms with Crippen LogP contribution in [0.5, 0.6) is 0 Å². The molecule has 4 nitrogen and oxygen atoms in total. The van der Waals surface area contributed by atoms with Crippen molar-refractivity contribution in [2.75, 3.05) is 18.5 Å². The lowest BCUT2D eigenvalue weighted by molar-refractivity contribution is 0.767. The van der Waals surface area contributed by atoms with Gasteiger partial charge in [-0.2, -0.15) is 0 Å². The van der Waals surface area contributed by atoms with E-state index in [9.17, 15) is 0 Å². The minimum atomic E-state index is 0.708. The summed E-state index contributed by atoms with van der Waals surface area (Å²) in [6.45, 7) is 3.97. The number of rotatable bonds is 5. The first-order valence-corrected chi connectivity index (χ1v) is 5.57. The van der Waals surface area contributed by atoms with E-state index in [2.05, 4.69) is 27.1 Å². The van der Waals surface area contributed by atoms with Gasteiger partial charge in [-0.1, -0.05) is 0 Å². The summed E-state index contributed by atoms with van der Waals surface area (Å²) in [7, 11) is 1.91. The molecule has 0 bridgehead atoms. The fourth-order valence-corrected chi connectivity index (χ4v) is 1.76. The highest BCUT2D eigenvalue weighted by atomic mass is 15.2. The molecule has 1 N–H and O–H groups in total. The maximum Gasteiger partial charge on any atom is 0.147 e. The third-order valence-corrected chi connectivity index (χ3v) is 2.67. The van der Waals surface area contributed by atoms with Gasteiger partial charge in [-0.25, -0.2) is 4.98 Å². The summed E-state index contributed by atoms with van der Waals surface area (Å²) in [5.74, 6) is 1.01. The molecule has 0 aliphatic heterocycles. The minimum Gasteiger partial charge on any atom is -0.353 e. The largest absolute Gasteiger partial charge is 0.353 e. The van der Waals surface area contributed by atoms with Crippen LogP contribution in [0.25, 0.3) is 0 Å². The molecule has 0 saturated heterocycles. The molecule has 0 atom stereocenters. The summed E-state index contributed by atoms with van der Waals surface area (Å²) in [5, 5.41) is 3.07. The molecule has 0 unspecified atom stereocenters. The van der Waals surface area contributed by atoms with Crippen LogP contribution in [0.3, 0.4) is 0 Å². The highest BCUT2D eigenvalue weighted by Gasteiger charge is 2.28. The summed E-state index contributed by atoms with van der Waals surface area (Å²) in [6.07, 6.45) is 6.34. The van der Waals surface area contributed by atoms with Crippen LogP contribution in [0.1, 0.15) is 25.5 Å². The Balaban J connectivity index is 2.07. The van der Waals surface area contributed by atoms with Gasteiger partial charge in [-0.05, 0) is 26.8 Å². The summed E-state index contributed by atoms with van der Waals surface area (Å²) in [6, 6.07) is 0.708. The topological polar surface area (TPSA) is 41.1 Å². The molecule has 1 fully saturated rings. The fourth-order valence-electron chi connectivity index (χ4n) is 1.76. The van der Waals surface area contributed by atoms with Gasteiger partial charge < -0.3 is 10.2 Å². The monoisotopic (exact) mass is 206 g/mol. The third-order valence-electron chi connectivity index (χ3n) is 2.67. The second-order valence-corrected chi connectivity index (χ2v) is 3.91. The van der Waals surface area contributed by atoms with Crippen LogP contribution in [-0.4, -0.2) is 29.6 Å². The van der Waals surface area contributed by atoms with Crippen molar-refractivity contribution in [2.45, 2.75) is 32.4 Å². The Hall–Kier alpha value is -1.16. The Morgan fingerprint density at radius 1 is 1.40 bits per heavy atom. The number of anilines is 1. The van der Waals surface area contributed by atoms with Crippen molar-refractivity contribution in [3.63, 3.8) is 0 Å². The van der Waals surface area contributed by atoms with Crippen molar-refractivity contribution in [3.05, 3.63) is 18.1 Å². The van der Waals surface area contributed by atoms with Gasteiger partial charge >= 0.3 is 0 Å². The Bertz CT molecular complexity index is 305. The van der Waals surface area contributed by atoms with E-state index in [0.717, 1.165) is 24.6 Å². The molecule has 0 aromatic carbocycles. The van der Waals surface area contributed by atoms with E-state index in [1.54, 1.807) is 0 Å². The number of nitrogens with one attached hydrogen (secondary N) is 1. The molecule has 4 heteroatoms. The highest BCUT2D eigenvalue weighted by Crippen LogP contribution is 2.29. The van der Waals surface area contributed by atoms with Gasteiger partial charge in [-0.15, -0.1) is 0 Å². The Morgan fingerprint density at radius 2 is 2.20 bits per heavy atom. The first-order valence-electron chi connectivity index (χ1n) is 5.57. The Labute approximate surface area is 90.7 Å². The first kappa shape index (κ1) is 10.4. The molecule has 1 aromatic rings. The van der Waals surface area contributed by atoms with Gasteiger partial charge in [0.1, 0.15) is 5.82 Å². The normalized spacial score (nSPS) is 15.3. The lowest BCUT2D eigenvalue weighted by Gasteiger charge is -2.20. The fraction of sp³-hybridized carbons (Fsp3) is 0.636. The molecule has 82 valence electrons. The van der Waals surface area contributed by atoms with Crippen LogP contribution in [-0.2, 0) is 6.54 Å². The van der Waals surface area contributed by atoms with E-state index < -0.39 is 0 Å². The van der Waals surface area contributed by atoms with Gasteiger partial charge in [0.05, 0.1) is 18.1 Å². The van der Waals surface area contributed by atoms with E-state index in [4.69, 9.17) is 0 Å². The highest BCUT2D eigenvalue weighted by molar-refractivity contribution is 5.38. The average molecular weight is 206 g/mol. The molecular formula is C11H18N4. The van der Waals surface area contributed by atoms with Crippen molar-refractivity contribution in [1.29, 1.82) is 0 Å². The zero-order chi connectivity index (χ0) is 10.7. The van der Waals surface area contributed by atoms with E-state index in [1.807, 2.05) is 19.4 Å². The number of aromatic nitrogens is 2. The predicted molar refractivity (Wildman–Crippen MR) is 60.8 cm³/mol.